The van der Waals surface area contributed by atoms with Crippen LogP contribution in [0.3, 0.4) is 0 Å². The van der Waals surface area contributed by atoms with Crippen molar-refractivity contribution >= 4 is 9.84 Å². The standard InChI is InChI=1S/C6H12N3O3S/c1-2-13(10,11)6-5-12-4-3-8-9-7/h1-6H2. The van der Waals surface area contributed by atoms with Gasteiger partial charge in [-0.2, -0.15) is 0 Å². The Labute approximate surface area is 77.4 Å². The summed E-state index contributed by atoms with van der Waals surface area (Å²) >= 11 is 0. The van der Waals surface area contributed by atoms with Crippen molar-refractivity contribution in [2.24, 2.45) is 5.11 Å². The number of azide groups is 1. The molecule has 0 aliphatic heterocycles. The van der Waals surface area contributed by atoms with Crippen molar-refractivity contribution in [3.63, 3.8) is 0 Å². The summed E-state index contributed by atoms with van der Waals surface area (Å²) in [5.74, 6) is -0.153. The molecule has 1 radical (unpaired) electrons. The van der Waals surface area contributed by atoms with Gasteiger partial charge in [0.1, 0.15) is 0 Å². The van der Waals surface area contributed by atoms with Gasteiger partial charge in [-0.15, -0.1) is 0 Å². The van der Waals surface area contributed by atoms with Crippen LogP contribution in [0.25, 0.3) is 10.4 Å². The maximum atomic E-state index is 10.9. The lowest BCUT2D eigenvalue weighted by Crippen LogP contribution is -2.14. The van der Waals surface area contributed by atoms with Crippen LogP contribution in [0.4, 0.5) is 0 Å². The zero-order chi connectivity index (χ0) is 10.2. The van der Waals surface area contributed by atoms with Crippen molar-refractivity contribution in [1.82, 2.24) is 0 Å². The van der Waals surface area contributed by atoms with E-state index in [1.165, 1.54) is 0 Å². The van der Waals surface area contributed by atoms with E-state index in [9.17, 15) is 8.42 Å². The molecule has 13 heavy (non-hydrogen) atoms. The summed E-state index contributed by atoms with van der Waals surface area (Å²) < 4.78 is 26.6. The summed E-state index contributed by atoms with van der Waals surface area (Å²) in [6, 6.07) is 0. The van der Waals surface area contributed by atoms with Gasteiger partial charge in [0.2, 0.25) is 0 Å². The fourth-order valence-corrected chi connectivity index (χ4v) is 1.12. The molecule has 0 saturated carbocycles. The second-order valence-electron chi connectivity index (χ2n) is 2.22. The van der Waals surface area contributed by atoms with Gasteiger partial charge in [-0.25, -0.2) is 8.42 Å². The van der Waals surface area contributed by atoms with E-state index in [2.05, 4.69) is 16.9 Å². The van der Waals surface area contributed by atoms with Crippen LogP contribution in [-0.4, -0.2) is 39.7 Å². The van der Waals surface area contributed by atoms with Crippen LogP contribution in [0.2, 0.25) is 0 Å². The van der Waals surface area contributed by atoms with E-state index in [1.54, 1.807) is 0 Å². The van der Waals surface area contributed by atoms with Gasteiger partial charge in [-0.3, -0.25) is 0 Å². The van der Waals surface area contributed by atoms with Crippen LogP contribution >= 0.6 is 0 Å². The highest BCUT2D eigenvalue weighted by atomic mass is 32.2. The number of ether oxygens (including phenoxy) is 1. The molecule has 0 N–H and O–H groups in total. The molecule has 0 rings (SSSR count). The molecule has 0 unspecified atom stereocenters. The summed E-state index contributed by atoms with van der Waals surface area (Å²) in [5, 5.41) is 3.22. The molecule has 0 saturated heterocycles. The third-order valence-corrected chi connectivity index (χ3v) is 2.66. The highest BCUT2D eigenvalue weighted by Gasteiger charge is 2.05. The van der Waals surface area contributed by atoms with Gasteiger partial charge in [-0.05, 0) is 12.5 Å². The Balaban J connectivity index is 3.41. The van der Waals surface area contributed by atoms with Gasteiger partial charge < -0.3 is 4.74 Å². The number of sulfone groups is 1. The first-order valence-electron chi connectivity index (χ1n) is 3.70. The monoisotopic (exact) mass is 206 g/mol. The van der Waals surface area contributed by atoms with Crippen molar-refractivity contribution in [3.8, 4) is 0 Å². The molecular formula is C6H12N3O3S. The summed E-state index contributed by atoms with van der Waals surface area (Å²) in [7, 11) is -3.05. The molecule has 0 aromatic rings. The Morgan fingerprint density at radius 3 is 2.69 bits per heavy atom. The third kappa shape index (κ3) is 7.58. The molecule has 0 aliphatic carbocycles. The summed E-state index contributed by atoms with van der Waals surface area (Å²) in [6.07, 6.45) is 0. The van der Waals surface area contributed by atoms with Gasteiger partial charge in [0, 0.05) is 11.5 Å². The Bertz CT molecular complexity index is 269. The van der Waals surface area contributed by atoms with E-state index in [0.29, 0.717) is 0 Å². The van der Waals surface area contributed by atoms with Gasteiger partial charge in [0.15, 0.2) is 9.84 Å². The molecule has 0 aliphatic rings. The van der Waals surface area contributed by atoms with Crippen molar-refractivity contribution in [2.75, 3.05) is 31.3 Å². The second-order valence-corrected chi connectivity index (χ2v) is 4.52. The largest absolute Gasteiger partial charge is 0.380 e. The van der Waals surface area contributed by atoms with Crippen LogP contribution in [0.15, 0.2) is 5.11 Å². The zero-order valence-electron chi connectivity index (χ0n) is 7.22. The van der Waals surface area contributed by atoms with Crippen molar-refractivity contribution < 1.29 is 13.2 Å². The van der Waals surface area contributed by atoms with Gasteiger partial charge in [0.25, 0.3) is 0 Å². The SMILES string of the molecule is [CH2]CS(=O)(=O)CCOCCN=[N+]=[N-]. The molecule has 0 atom stereocenters. The van der Waals surface area contributed by atoms with Crippen molar-refractivity contribution in [3.05, 3.63) is 17.4 Å². The Kier molecular flexibility index (Phi) is 6.30. The van der Waals surface area contributed by atoms with Crippen molar-refractivity contribution in [1.29, 1.82) is 0 Å². The molecule has 0 bridgehead atoms. The predicted molar refractivity (Wildman–Crippen MR) is 48.8 cm³/mol. The van der Waals surface area contributed by atoms with Crippen molar-refractivity contribution in [2.45, 2.75) is 0 Å². The molecule has 0 fully saturated rings. The molecule has 75 valence electrons. The zero-order valence-corrected chi connectivity index (χ0v) is 8.03. The number of nitrogens with zero attached hydrogens (tertiary/aromatic N) is 3. The van der Waals surface area contributed by atoms with Crippen LogP contribution in [0, 0.1) is 6.92 Å². The molecule has 0 aromatic carbocycles. The lowest BCUT2D eigenvalue weighted by Gasteiger charge is -2.01. The topological polar surface area (TPSA) is 92.1 Å². The minimum atomic E-state index is -3.05. The summed E-state index contributed by atoms with van der Waals surface area (Å²) in [5.41, 5.74) is 7.89. The third-order valence-electron chi connectivity index (χ3n) is 1.25. The van der Waals surface area contributed by atoms with Gasteiger partial charge >= 0.3 is 0 Å². The normalized spacial score (nSPS) is 10.8. The minimum absolute atomic E-state index is 0.0350. The maximum Gasteiger partial charge on any atom is 0.152 e. The Morgan fingerprint density at radius 2 is 2.15 bits per heavy atom. The lowest BCUT2D eigenvalue weighted by molar-refractivity contribution is 0.157. The van der Waals surface area contributed by atoms with Crippen LogP contribution in [0.5, 0.6) is 0 Å². The maximum absolute atomic E-state index is 10.9. The first-order valence-corrected chi connectivity index (χ1v) is 5.53. The fraction of sp³-hybridized carbons (Fsp3) is 0.833. The van der Waals surface area contributed by atoms with Gasteiger partial charge in [-0.1, -0.05) is 5.11 Å². The van der Waals surface area contributed by atoms with E-state index in [0.717, 1.165) is 0 Å². The molecule has 0 spiro atoms. The average molecular weight is 206 g/mol. The highest BCUT2D eigenvalue weighted by molar-refractivity contribution is 7.91. The van der Waals surface area contributed by atoms with Gasteiger partial charge in [0.05, 0.1) is 24.7 Å². The predicted octanol–water partition coefficient (Wildman–Crippen LogP) is 0.562. The van der Waals surface area contributed by atoms with E-state index >= 15 is 0 Å². The fourth-order valence-electron chi connectivity index (χ4n) is 0.540. The molecule has 0 heterocycles. The quantitative estimate of drug-likeness (QED) is 0.264. The lowest BCUT2D eigenvalue weighted by atomic mass is 10.7. The number of rotatable bonds is 7. The van der Waals surface area contributed by atoms with E-state index in [-0.39, 0.29) is 31.3 Å². The van der Waals surface area contributed by atoms with Crippen LogP contribution < -0.4 is 0 Å². The highest BCUT2D eigenvalue weighted by Crippen LogP contribution is 1.89. The van der Waals surface area contributed by atoms with Crippen LogP contribution in [0.1, 0.15) is 0 Å². The average Bonchev–Trinajstić information content (AvgIpc) is 2.11. The molecule has 6 nitrogen and oxygen atoms in total. The summed E-state index contributed by atoms with van der Waals surface area (Å²) in [4.78, 5) is 2.52. The first-order chi connectivity index (χ1) is 6.12. The molecule has 0 aromatic heterocycles. The smallest absolute Gasteiger partial charge is 0.152 e. The van der Waals surface area contributed by atoms with E-state index < -0.39 is 9.84 Å². The second kappa shape index (κ2) is 6.71. The summed E-state index contributed by atoms with van der Waals surface area (Å²) in [6.45, 7) is 3.87. The molecule has 7 heteroatoms. The molecule has 0 amide bonds. The number of hydrogen-bond acceptors (Lipinski definition) is 4. The first kappa shape index (κ1) is 12.2. The minimum Gasteiger partial charge on any atom is -0.380 e. The Hall–Kier alpha value is -0.780. The van der Waals surface area contributed by atoms with E-state index in [1.807, 2.05) is 0 Å². The Morgan fingerprint density at radius 1 is 1.46 bits per heavy atom. The molecular weight excluding hydrogens is 194 g/mol. The number of hydrogen-bond donors (Lipinski definition) is 0. The van der Waals surface area contributed by atoms with Crippen LogP contribution in [-0.2, 0) is 14.6 Å². The van der Waals surface area contributed by atoms with E-state index in [4.69, 9.17) is 10.3 Å².